The highest BCUT2D eigenvalue weighted by atomic mass is 32.2. The molecule has 0 saturated heterocycles. The Hall–Kier alpha value is -0.680. The SMILES string of the molecule is CSCCC(C)NC(C)c1ccccc1C(F)(F)F. The first-order valence-electron chi connectivity index (χ1n) is 6.27. The molecule has 0 aliphatic heterocycles. The van der Waals surface area contributed by atoms with Gasteiger partial charge < -0.3 is 5.32 Å². The monoisotopic (exact) mass is 291 g/mol. The molecule has 0 spiro atoms. The molecule has 0 fully saturated rings. The Labute approximate surface area is 117 Å². The number of nitrogens with one attached hydrogen (secondary N) is 1. The van der Waals surface area contributed by atoms with Crippen LogP contribution in [-0.4, -0.2) is 18.1 Å². The molecule has 1 N–H and O–H groups in total. The van der Waals surface area contributed by atoms with Crippen LogP contribution in [0, 0.1) is 0 Å². The lowest BCUT2D eigenvalue weighted by molar-refractivity contribution is -0.138. The molecule has 0 aliphatic rings. The van der Waals surface area contributed by atoms with Crippen molar-refractivity contribution in [2.45, 2.75) is 38.5 Å². The first kappa shape index (κ1) is 16.4. The van der Waals surface area contributed by atoms with E-state index in [1.54, 1.807) is 30.8 Å². The quantitative estimate of drug-likeness (QED) is 0.828. The van der Waals surface area contributed by atoms with E-state index in [0.717, 1.165) is 18.2 Å². The molecule has 0 aliphatic carbocycles. The molecule has 1 rings (SSSR count). The third-order valence-corrected chi connectivity index (χ3v) is 3.67. The molecule has 2 unspecified atom stereocenters. The van der Waals surface area contributed by atoms with Crippen LogP contribution in [-0.2, 0) is 6.18 Å². The van der Waals surface area contributed by atoms with Crippen LogP contribution in [0.15, 0.2) is 24.3 Å². The Bertz CT molecular complexity index is 393. The molecule has 0 heterocycles. The van der Waals surface area contributed by atoms with Crippen molar-refractivity contribution in [3.8, 4) is 0 Å². The van der Waals surface area contributed by atoms with Crippen LogP contribution in [0.1, 0.15) is 37.4 Å². The van der Waals surface area contributed by atoms with Gasteiger partial charge in [0.1, 0.15) is 0 Å². The smallest absolute Gasteiger partial charge is 0.308 e. The van der Waals surface area contributed by atoms with E-state index in [0.29, 0.717) is 5.56 Å². The molecule has 0 amide bonds. The van der Waals surface area contributed by atoms with E-state index in [-0.39, 0.29) is 12.1 Å². The topological polar surface area (TPSA) is 12.0 Å². The maximum absolute atomic E-state index is 12.9. The van der Waals surface area contributed by atoms with E-state index in [1.807, 2.05) is 13.2 Å². The Morgan fingerprint density at radius 2 is 1.84 bits per heavy atom. The molecule has 1 aromatic rings. The fourth-order valence-corrected chi connectivity index (χ4v) is 2.62. The zero-order valence-corrected chi connectivity index (χ0v) is 12.2. The van der Waals surface area contributed by atoms with Crippen molar-refractivity contribution in [2.75, 3.05) is 12.0 Å². The number of hydrogen-bond acceptors (Lipinski definition) is 2. The first-order valence-corrected chi connectivity index (χ1v) is 7.66. The Morgan fingerprint density at radius 1 is 1.21 bits per heavy atom. The molecule has 108 valence electrons. The minimum atomic E-state index is -4.30. The number of alkyl halides is 3. The minimum absolute atomic E-state index is 0.198. The largest absolute Gasteiger partial charge is 0.416 e. The number of halogens is 3. The molecule has 5 heteroatoms. The average molecular weight is 291 g/mol. The van der Waals surface area contributed by atoms with Gasteiger partial charge in [0.05, 0.1) is 5.56 Å². The van der Waals surface area contributed by atoms with Gasteiger partial charge in [0.25, 0.3) is 0 Å². The first-order chi connectivity index (χ1) is 8.86. The van der Waals surface area contributed by atoms with Crippen LogP contribution in [0.3, 0.4) is 0 Å². The van der Waals surface area contributed by atoms with Gasteiger partial charge in [-0.3, -0.25) is 0 Å². The fraction of sp³-hybridized carbons (Fsp3) is 0.571. The predicted octanol–water partition coefficient (Wildman–Crippen LogP) is 4.50. The summed E-state index contributed by atoms with van der Waals surface area (Å²) in [4.78, 5) is 0. The molecule has 0 saturated carbocycles. The Balaban J connectivity index is 2.79. The highest BCUT2D eigenvalue weighted by Crippen LogP contribution is 2.34. The number of rotatable bonds is 6. The van der Waals surface area contributed by atoms with Crippen molar-refractivity contribution in [3.05, 3.63) is 35.4 Å². The average Bonchev–Trinajstić information content (AvgIpc) is 2.35. The predicted molar refractivity (Wildman–Crippen MR) is 75.5 cm³/mol. The maximum Gasteiger partial charge on any atom is 0.416 e. The van der Waals surface area contributed by atoms with Crippen LogP contribution >= 0.6 is 11.8 Å². The molecular formula is C14H20F3NS. The van der Waals surface area contributed by atoms with Crippen LogP contribution in [0.25, 0.3) is 0 Å². The number of hydrogen-bond donors (Lipinski definition) is 1. The summed E-state index contributed by atoms with van der Waals surface area (Å²) in [6.45, 7) is 3.78. The van der Waals surface area contributed by atoms with Gasteiger partial charge >= 0.3 is 6.18 Å². The van der Waals surface area contributed by atoms with Gasteiger partial charge in [0.15, 0.2) is 0 Å². The number of thioether (sulfide) groups is 1. The lowest BCUT2D eigenvalue weighted by Gasteiger charge is -2.23. The highest BCUT2D eigenvalue weighted by molar-refractivity contribution is 7.98. The van der Waals surface area contributed by atoms with Gasteiger partial charge in [0.2, 0.25) is 0 Å². The summed E-state index contributed by atoms with van der Waals surface area (Å²) in [5.74, 6) is 1.00. The lowest BCUT2D eigenvalue weighted by atomic mass is 10.00. The number of benzene rings is 1. The summed E-state index contributed by atoms with van der Waals surface area (Å²) in [6.07, 6.45) is -1.33. The van der Waals surface area contributed by atoms with E-state index in [2.05, 4.69) is 5.32 Å². The standard InChI is InChI=1S/C14H20F3NS/c1-10(8-9-19-3)18-11(2)12-6-4-5-7-13(12)14(15,16)17/h4-7,10-11,18H,8-9H2,1-3H3. The molecule has 1 aromatic carbocycles. The van der Waals surface area contributed by atoms with E-state index >= 15 is 0 Å². The van der Waals surface area contributed by atoms with Crippen molar-refractivity contribution < 1.29 is 13.2 Å². The molecule has 0 radical (unpaired) electrons. The van der Waals surface area contributed by atoms with Crippen molar-refractivity contribution in [3.63, 3.8) is 0 Å². The van der Waals surface area contributed by atoms with E-state index in [4.69, 9.17) is 0 Å². The van der Waals surface area contributed by atoms with Crippen LogP contribution in [0.5, 0.6) is 0 Å². The third-order valence-electron chi connectivity index (χ3n) is 3.02. The van der Waals surface area contributed by atoms with Gasteiger partial charge in [0, 0.05) is 12.1 Å². The minimum Gasteiger partial charge on any atom is -0.308 e. The highest BCUT2D eigenvalue weighted by Gasteiger charge is 2.34. The molecule has 19 heavy (non-hydrogen) atoms. The zero-order valence-electron chi connectivity index (χ0n) is 11.4. The van der Waals surface area contributed by atoms with Gasteiger partial charge in [-0.05, 0) is 43.9 Å². The third kappa shape index (κ3) is 5.07. The van der Waals surface area contributed by atoms with E-state index in [9.17, 15) is 13.2 Å². The van der Waals surface area contributed by atoms with E-state index in [1.165, 1.54) is 6.07 Å². The second-order valence-electron chi connectivity index (χ2n) is 4.66. The molecular weight excluding hydrogens is 271 g/mol. The summed E-state index contributed by atoms with van der Waals surface area (Å²) in [5.41, 5.74) is -0.238. The maximum atomic E-state index is 12.9. The molecule has 2 atom stereocenters. The second kappa shape index (κ2) is 7.20. The van der Waals surface area contributed by atoms with Crippen LogP contribution in [0.2, 0.25) is 0 Å². The molecule has 0 bridgehead atoms. The van der Waals surface area contributed by atoms with Crippen LogP contribution < -0.4 is 5.32 Å². The normalized spacial score (nSPS) is 15.3. The van der Waals surface area contributed by atoms with E-state index < -0.39 is 11.7 Å². The summed E-state index contributed by atoms with van der Waals surface area (Å²) in [6, 6.07) is 5.64. The second-order valence-corrected chi connectivity index (χ2v) is 5.64. The molecule has 0 aromatic heterocycles. The Morgan fingerprint density at radius 3 is 2.42 bits per heavy atom. The summed E-state index contributed by atoms with van der Waals surface area (Å²) in [5, 5.41) is 3.23. The fourth-order valence-electron chi connectivity index (χ4n) is 2.03. The van der Waals surface area contributed by atoms with Crippen molar-refractivity contribution >= 4 is 11.8 Å². The zero-order chi connectivity index (χ0) is 14.5. The summed E-state index contributed by atoms with van der Waals surface area (Å²) >= 11 is 1.74. The summed E-state index contributed by atoms with van der Waals surface area (Å²) in [7, 11) is 0. The summed E-state index contributed by atoms with van der Waals surface area (Å²) < 4.78 is 38.8. The van der Waals surface area contributed by atoms with Crippen molar-refractivity contribution in [1.82, 2.24) is 5.32 Å². The Kier molecular flexibility index (Phi) is 6.20. The van der Waals surface area contributed by atoms with Gasteiger partial charge in [-0.1, -0.05) is 18.2 Å². The van der Waals surface area contributed by atoms with Crippen LogP contribution in [0.4, 0.5) is 13.2 Å². The van der Waals surface area contributed by atoms with Gasteiger partial charge in [-0.25, -0.2) is 0 Å². The molecule has 1 nitrogen and oxygen atoms in total. The van der Waals surface area contributed by atoms with Crippen molar-refractivity contribution in [2.24, 2.45) is 0 Å². The lowest BCUT2D eigenvalue weighted by Crippen LogP contribution is -2.30. The van der Waals surface area contributed by atoms with Gasteiger partial charge in [-0.2, -0.15) is 24.9 Å². The van der Waals surface area contributed by atoms with Gasteiger partial charge in [-0.15, -0.1) is 0 Å². The van der Waals surface area contributed by atoms with Crippen molar-refractivity contribution in [1.29, 1.82) is 0 Å².